The van der Waals surface area contributed by atoms with E-state index in [1.165, 1.54) is 19.3 Å². The second-order valence-electron chi connectivity index (χ2n) is 9.41. The van der Waals surface area contributed by atoms with E-state index in [0.717, 1.165) is 25.7 Å². The second kappa shape index (κ2) is 14.8. The zero-order chi connectivity index (χ0) is 26.9. The number of aliphatic hydroxyl groups is 8. The van der Waals surface area contributed by atoms with Crippen LogP contribution in [0.2, 0.25) is 0 Å². The van der Waals surface area contributed by atoms with Crippen LogP contribution in [-0.2, 0) is 23.7 Å². The molecule has 13 nitrogen and oxygen atoms in total. The van der Waals surface area contributed by atoms with Gasteiger partial charge in [0.05, 0.1) is 6.61 Å². The summed E-state index contributed by atoms with van der Waals surface area (Å²) in [5.41, 5.74) is 0. The van der Waals surface area contributed by atoms with Crippen LogP contribution < -0.4 is 0 Å². The van der Waals surface area contributed by atoms with Crippen molar-refractivity contribution in [2.24, 2.45) is 0 Å². The van der Waals surface area contributed by atoms with E-state index in [2.05, 4.69) is 6.92 Å². The summed E-state index contributed by atoms with van der Waals surface area (Å²) in [6, 6.07) is 0. The van der Waals surface area contributed by atoms with E-state index < -0.39 is 80.3 Å². The summed E-state index contributed by atoms with van der Waals surface area (Å²) >= 11 is 0. The molecule has 13 heteroatoms. The standard InChI is InChI=1S/C23H42O13/c1-2-3-4-5-6-7-8-9-10-14(26)33-21(32)19-17(29)16(28)18(30)22(34-19)36-23(12-25)20(31)15(27)13(11-24)35-23/h13,15-22,24-25,27-32H,2-12H2,1H3/t13-,15-,16+,17+,18-,19+,20+,21?,22-,23+/m1/s1. The van der Waals surface area contributed by atoms with Crippen molar-refractivity contribution < 1.29 is 64.6 Å². The molecule has 2 rings (SSSR count). The van der Waals surface area contributed by atoms with Crippen molar-refractivity contribution in [1.29, 1.82) is 0 Å². The van der Waals surface area contributed by atoms with Gasteiger partial charge in [-0.15, -0.1) is 0 Å². The first kappa shape index (κ1) is 31.2. The highest BCUT2D eigenvalue weighted by molar-refractivity contribution is 5.69. The van der Waals surface area contributed by atoms with Gasteiger partial charge in [-0.05, 0) is 6.42 Å². The third-order valence-electron chi connectivity index (χ3n) is 6.60. The van der Waals surface area contributed by atoms with Crippen LogP contribution in [0.4, 0.5) is 0 Å². The molecule has 0 bridgehead atoms. The fraction of sp³-hybridized carbons (Fsp3) is 0.957. The smallest absolute Gasteiger partial charge is 0.308 e. The lowest BCUT2D eigenvalue weighted by Crippen LogP contribution is -2.64. The van der Waals surface area contributed by atoms with Gasteiger partial charge in [-0.2, -0.15) is 0 Å². The Morgan fingerprint density at radius 1 is 0.889 bits per heavy atom. The Labute approximate surface area is 210 Å². The highest BCUT2D eigenvalue weighted by atomic mass is 16.8. The lowest BCUT2D eigenvalue weighted by Gasteiger charge is -2.44. The summed E-state index contributed by atoms with van der Waals surface area (Å²) in [6.45, 7) is 0.370. The number of unbranched alkanes of at least 4 members (excludes halogenated alkanes) is 7. The highest BCUT2D eigenvalue weighted by Crippen LogP contribution is 2.36. The van der Waals surface area contributed by atoms with Crippen molar-refractivity contribution >= 4 is 5.97 Å². The molecule has 0 aliphatic carbocycles. The minimum Gasteiger partial charge on any atom is -0.433 e. The summed E-state index contributed by atoms with van der Waals surface area (Å²) in [6.07, 6.45) is -8.21. The van der Waals surface area contributed by atoms with Crippen LogP contribution in [-0.4, -0.2) is 121 Å². The van der Waals surface area contributed by atoms with Crippen LogP contribution >= 0.6 is 0 Å². The fourth-order valence-electron chi connectivity index (χ4n) is 4.34. The molecule has 212 valence electrons. The molecule has 8 N–H and O–H groups in total. The maximum absolute atomic E-state index is 12.1. The van der Waals surface area contributed by atoms with Crippen molar-refractivity contribution in [3.8, 4) is 0 Å². The molecule has 2 heterocycles. The van der Waals surface area contributed by atoms with E-state index in [1.807, 2.05) is 0 Å². The van der Waals surface area contributed by atoms with Gasteiger partial charge in [0.1, 0.15) is 43.2 Å². The Kier molecular flexibility index (Phi) is 12.9. The first-order chi connectivity index (χ1) is 17.1. The zero-order valence-corrected chi connectivity index (χ0v) is 20.6. The Bertz CT molecular complexity index is 651. The Hall–Kier alpha value is -0.970. The molecule has 2 saturated heterocycles. The third-order valence-corrected chi connectivity index (χ3v) is 6.60. The van der Waals surface area contributed by atoms with E-state index >= 15 is 0 Å². The average molecular weight is 527 g/mol. The molecular weight excluding hydrogens is 484 g/mol. The van der Waals surface area contributed by atoms with Crippen molar-refractivity contribution in [2.45, 2.75) is 126 Å². The number of ether oxygens (including phenoxy) is 4. The lowest BCUT2D eigenvalue weighted by atomic mass is 9.98. The molecule has 2 aliphatic rings. The molecule has 0 aromatic heterocycles. The SMILES string of the molecule is CCCCCCCCCCC(=O)OC(O)[C@H]1O[C@H](O[C@]2(CO)O[C@H](CO)[C@@H](O)[C@@H]2O)[C@H](O)[C@@H](O)[C@@H]1O. The number of carbonyl (C=O) groups excluding carboxylic acids is 1. The molecular formula is C23H42O13. The number of rotatable bonds is 15. The molecule has 0 spiro atoms. The first-order valence-corrected chi connectivity index (χ1v) is 12.6. The van der Waals surface area contributed by atoms with Gasteiger partial charge in [-0.3, -0.25) is 4.79 Å². The van der Waals surface area contributed by atoms with Crippen molar-refractivity contribution in [3.63, 3.8) is 0 Å². The average Bonchev–Trinajstić information content (AvgIpc) is 3.10. The van der Waals surface area contributed by atoms with Crippen LogP contribution in [0.15, 0.2) is 0 Å². The zero-order valence-electron chi connectivity index (χ0n) is 20.6. The Morgan fingerprint density at radius 3 is 2.06 bits per heavy atom. The molecule has 0 saturated carbocycles. The molecule has 2 aliphatic heterocycles. The number of hydrogen-bond donors (Lipinski definition) is 8. The van der Waals surface area contributed by atoms with E-state index in [-0.39, 0.29) is 6.42 Å². The fourth-order valence-corrected chi connectivity index (χ4v) is 4.34. The first-order valence-electron chi connectivity index (χ1n) is 12.6. The minimum atomic E-state index is -2.36. The van der Waals surface area contributed by atoms with Gasteiger partial charge in [-0.25, -0.2) is 0 Å². The highest BCUT2D eigenvalue weighted by Gasteiger charge is 2.59. The van der Waals surface area contributed by atoms with E-state index in [4.69, 9.17) is 18.9 Å². The summed E-state index contributed by atoms with van der Waals surface area (Å²) in [5, 5.41) is 80.4. The molecule has 0 radical (unpaired) electrons. The maximum atomic E-state index is 12.1. The molecule has 2 fully saturated rings. The van der Waals surface area contributed by atoms with Crippen molar-refractivity contribution in [3.05, 3.63) is 0 Å². The van der Waals surface area contributed by atoms with Gasteiger partial charge in [0.25, 0.3) is 0 Å². The molecule has 0 aromatic carbocycles. The van der Waals surface area contributed by atoms with E-state index in [1.54, 1.807) is 0 Å². The summed E-state index contributed by atoms with van der Waals surface area (Å²) in [5.74, 6) is -3.11. The van der Waals surface area contributed by atoms with Gasteiger partial charge >= 0.3 is 5.97 Å². The molecule has 10 atom stereocenters. The van der Waals surface area contributed by atoms with Crippen LogP contribution in [0.5, 0.6) is 0 Å². The van der Waals surface area contributed by atoms with Crippen molar-refractivity contribution in [1.82, 2.24) is 0 Å². The van der Waals surface area contributed by atoms with Crippen LogP contribution in [0, 0.1) is 0 Å². The van der Waals surface area contributed by atoms with Gasteiger partial charge in [0.15, 0.2) is 12.4 Å². The topological polar surface area (TPSA) is 216 Å². The minimum absolute atomic E-state index is 0.0219. The maximum Gasteiger partial charge on any atom is 0.308 e. The lowest BCUT2D eigenvalue weighted by molar-refractivity contribution is -0.394. The number of esters is 1. The van der Waals surface area contributed by atoms with Crippen LogP contribution in [0.3, 0.4) is 0 Å². The summed E-state index contributed by atoms with van der Waals surface area (Å²) in [4.78, 5) is 12.1. The number of hydrogen-bond acceptors (Lipinski definition) is 13. The number of carbonyl (C=O) groups is 1. The Balaban J connectivity index is 1.91. The van der Waals surface area contributed by atoms with Crippen molar-refractivity contribution in [2.75, 3.05) is 13.2 Å². The molecule has 0 amide bonds. The molecule has 36 heavy (non-hydrogen) atoms. The third kappa shape index (κ3) is 7.77. The summed E-state index contributed by atoms with van der Waals surface area (Å²) < 4.78 is 20.8. The van der Waals surface area contributed by atoms with Crippen LogP contribution in [0.25, 0.3) is 0 Å². The predicted molar refractivity (Wildman–Crippen MR) is 121 cm³/mol. The molecule has 1 unspecified atom stereocenters. The Morgan fingerprint density at radius 2 is 1.50 bits per heavy atom. The van der Waals surface area contributed by atoms with Gasteiger partial charge in [-0.1, -0.05) is 51.9 Å². The monoisotopic (exact) mass is 526 g/mol. The predicted octanol–water partition coefficient (Wildman–Crippen LogP) is -2.00. The normalized spacial score (nSPS) is 37.7. The quantitative estimate of drug-likeness (QED) is 0.0659. The second-order valence-corrected chi connectivity index (χ2v) is 9.41. The summed E-state index contributed by atoms with van der Waals surface area (Å²) in [7, 11) is 0. The number of aliphatic hydroxyl groups excluding tert-OH is 8. The van der Waals surface area contributed by atoms with Gasteiger partial charge in [0.2, 0.25) is 12.1 Å². The van der Waals surface area contributed by atoms with Gasteiger partial charge < -0.3 is 59.8 Å². The van der Waals surface area contributed by atoms with E-state index in [0.29, 0.717) is 6.42 Å². The van der Waals surface area contributed by atoms with Gasteiger partial charge in [0, 0.05) is 6.42 Å². The molecule has 0 aromatic rings. The van der Waals surface area contributed by atoms with Crippen LogP contribution in [0.1, 0.15) is 64.7 Å². The largest absolute Gasteiger partial charge is 0.433 e. The van der Waals surface area contributed by atoms with E-state index in [9.17, 15) is 45.6 Å².